The number of esters is 1. The average Bonchev–Trinajstić information content (AvgIpc) is 2.11. The van der Waals surface area contributed by atoms with Crippen LogP contribution in [0.5, 0.6) is 0 Å². The van der Waals surface area contributed by atoms with E-state index in [1.807, 2.05) is 20.8 Å². The van der Waals surface area contributed by atoms with Crippen molar-refractivity contribution in [3.05, 3.63) is 0 Å². The maximum absolute atomic E-state index is 11.4. The summed E-state index contributed by atoms with van der Waals surface area (Å²) in [4.78, 5) is 11.4. The van der Waals surface area contributed by atoms with Gasteiger partial charge in [0.25, 0.3) is 0 Å². The number of hydrogen-bond donors (Lipinski definition) is 1. The van der Waals surface area contributed by atoms with Crippen molar-refractivity contribution in [3.8, 4) is 0 Å². The van der Waals surface area contributed by atoms with Crippen LogP contribution >= 0.6 is 0 Å². The second-order valence-electron chi connectivity index (χ2n) is 6.48. The summed E-state index contributed by atoms with van der Waals surface area (Å²) in [6, 6.07) is 0. The van der Waals surface area contributed by atoms with Crippen LogP contribution in [-0.4, -0.2) is 36.9 Å². The Morgan fingerprint density at radius 2 is 1.67 bits per heavy atom. The monoisotopic (exact) mass is 259 g/mol. The van der Waals surface area contributed by atoms with E-state index in [1.54, 1.807) is 0 Å². The Bertz CT molecular complexity index is 238. The maximum Gasteiger partial charge on any atom is 0.306 e. The molecule has 0 aliphatic rings. The molecule has 0 aromatic rings. The Balaban J connectivity index is 3.39. The van der Waals surface area contributed by atoms with E-state index in [2.05, 4.69) is 26.1 Å². The van der Waals surface area contributed by atoms with Gasteiger partial charge in [-0.3, -0.25) is 4.79 Å². The van der Waals surface area contributed by atoms with Gasteiger partial charge in [0.1, 0.15) is 5.60 Å². The van der Waals surface area contributed by atoms with Crippen molar-refractivity contribution < 1.29 is 14.3 Å². The lowest BCUT2D eigenvalue weighted by Gasteiger charge is -2.20. The number of rotatable bonds is 7. The lowest BCUT2D eigenvalue weighted by Crippen LogP contribution is -2.38. The van der Waals surface area contributed by atoms with Crippen molar-refractivity contribution in [1.82, 2.24) is 5.32 Å². The van der Waals surface area contributed by atoms with Gasteiger partial charge in [-0.15, -0.1) is 0 Å². The highest BCUT2D eigenvalue weighted by molar-refractivity contribution is 5.69. The van der Waals surface area contributed by atoms with Crippen LogP contribution in [0.3, 0.4) is 0 Å². The quantitative estimate of drug-likeness (QED) is 0.564. The molecule has 0 aromatic heterocycles. The standard InChI is InChI=1S/C14H29NO3/c1-13(2,3)15-9-11-17-10-7-8-12(16)18-14(4,5)6/h15H,7-11H2,1-6H3. The third kappa shape index (κ3) is 13.5. The highest BCUT2D eigenvalue weighted by Crippen LogP contribution is 2.09. The number of carbonyl (C=O) groups is 1. The van der Waals surface area contributed by atoms with Crippen LogP contribution in [-0.2, 0) is 14.3 Å². The molecule has 4 nitrogen and oxygen atoms in total. The van der Waals surface area contributed by atoms with Gasteiger partial charge in [0.2, 0.25) is 0 Å². The minimum atomic E-state index is -0.394. The summed E-state index contributed by atoms with van der Waals surface area (Å²) >= 11 is 0. The number of ether oxygens (including phenoxy) is 2. The van der Waals surface area contributed by atoms with Gasteiger partial charge in [-0.1, -0.05) is 0 Å². The van der Waals surface area contributed by atoms with E-state index in [0.29, 0.717) is 26.1 Å². The predicted octanol–water partition coefficient (Wildman–Crippen LogP) is 2.51. The molecule has 0 aromatic carbocycles. The van der Waals surface area contributed by atoms with Crippen molar-refractivity contribution in [2.75, 3.05) is 19.8 Å². The van der Waals surface area contributed by atoms with E-state index in [0.717, 1.165) is 6.54 Å². The first kappa shape index (κ1) is 17.4. The molecule has 18 heavy (non-hydrogen) atoms. The molecule has 0 aliphatic heterocycles. The van der Waals surface area contributed by atoms with Gasteiger partial charge < -0.3 is 14.8 Å². The van der Waals surface area contributed by atoms with Gasteiger partial charge in [-0.2, -0.15) is 0 Å². The second-order valence-corrected chi connectivity index (χ2v) is 6.48. The first-order chi connectivity index (χ1) is 8.10. The normalized spacial score (nSPS) is 12.6. The lowest BCUT2D eigenvalue weighted by molar-refractivity contribution is -0.155. The Hall–Kier alpha value is -0.610. The Kier molecular flexibility index (Phi) is 7.48. The molecule has 0 atom stereocenters. The van der Waals surface area contributed by atoms with Gasteiger partial charge in [0.15, 0.2) is 0 Å². The summed E-state index contributed by atoms with van der Waals surface area (Å²) in [6.45, 7) is 14.1. The van der Waals surface area contributed by atoms with Crippen LogP contribution in [0.25, 0.3) is 0 Å². The van der Waals surface area contributed by atoms with Gasteiger partial charge in [-0.25, -0.2) is 0 Å². The van der Waals surface area contributed by atoms with E-state index in [9.17, 15) is 4.79 Å². The molecule has 0 heterocycles. The van der Waals surface area contributed by atoms with Crippen LogP contribution in [0.4, 0.5) is 0 Å². The van der Waals surface area contributed by atoms with E-state index >= 15 is 0 Å². The van der Waals surface area contributed by atoms with Gasteiger partial charge >= 0.3 is 5.97 Å². The molecule has 0 rings (SSSR count). The van der Waals surface area contributed by atoms with Gasteiger partial charge in [0, 0.05) is 25.1 Å². The number of hydrogen-bond acceptors (Lipinski definition) is 4. The second kappa shape index (κ2) is 7.74. The predicted molar refractivity (Wildman–Crippen MR) is 73.7 cm³/mol. The van der Waals surface area contributed by atoms with Crippen LogP contribution in [0.15, 0.2) is 0 Å². The summed E-state index contributed by atoms with van der Waals surface area (Å²) in [7, 11) is 0. The molecule has 4 heteroatoms. The fourth-order valence-corrected chi connectivity index (χ4v) is 1.31. The van der Waals surface area contributed by atoms with Crippen molar-refractivity contribution in [2.45, 2.75) is 65.5 Å². The Morgan fingerprint density at radius 1 is 1.06 bits per heavy atom. The molecule has 0 spiro atoms. The maximum atomic E-state index is 11.4. The van der Waals surface area contributed by atoms with Crippen LogP contribution in [0, 0.1) is 0 Å². The zero-order chi connectivity index (χ0) is 14.2. The Labute approximate surface area is 111 Å². The summed E-state index contributed by atoms with van der Waals surface area (Å²) in [5, 5.41) is 3.34. The molecule has 0 saturated heterocycles. The average molecular weight is 259 g/mol. The van der Waals surface area contributed by atoms with E-state index in [1.165, 1.54) is 0 Å². The zero-order valence-corrected chi connectivity index (χ0v) is 12.8. The molecule has 0 bridgehead atoms. The first-order valence-corrected chi connectivity index (χ1v) is 6.65. The fraction of sp³-hybridized carbons (Fsp3) is 0.929. The molecule has 0 unspecified atom stereocenters. The smallest absolute Gasteiger partial charge is 0.306 e. The molecule has 108 valence electrons. The molecule has 1 N–H and O–H groups in total. The fourth-order valence-electron chi connectivity index (χ4n) is 1.31. The topological polar surface area (TPSA) is 47.6 Å². The first-order valence-electron chi connectivity index (χ1n) is 6.65. The highest BCUT2D eigenvalue weighted by Gasteiger charge is 2.15. The lowest BCUT2D eigenvalue weighted by atomic mass is 10.1. The van der Waals surface area contributed by atoms with Gasteiger partial charge in [0.05, 0.1) is 6.61 Å². The Morgan fingerprint density at radius 3 is 2.17 bits per heavy atom. The summed E-state index contributed by atoms with van der Waals surface area (Å²) in [5.74, 6) is -0.154. The van der Waals surface area contributed by atoms with Crippen molar-refractivity contribution in [1.29, 1.82) is 0 Å². The van der Waals surface area contributed by atoms with Crippen molar-refractivity contribution >= 4 is 5.97 Å². The van der Waals surface area contributed by atoms with Crippen molar-refractivity contribution in [3.63, 3.8) is 0 Å². The molecular formula is C14H29NO3. The van der Waals surface area contributed by atoms with Crippen LogP contribution in [0.1, 0.15) is 54.4 Å². The van der Waals surface area contributed by atoms with Crippen LogP contribution in [0.2, 0.25) is 0 Å². The van der Waals surface area contributed by atoms with Crippen molar-refractivity contribution in [2.24, 2.45) is 0 Å². The largest absolute Gasteiger partial charge is 0.460 e. The molecule has 0 amide bonds. The SMILES string of the molecule is CC(C)(C)NCCOCCCC(=O)OC(C)(C)C. The number of nitrogens with one attached hydrogen (secondary N) is 1. The van der Waals surface area contributed by atoms with E-state index in [4.69, 9.17) is 9.47 Å². The molecule has 0 radical (unpaired) electrons. The molecule has 0 saturated carbocycles. The van der Waals surface area contributed by atoms with E-state index < -0.39 is 5.60 Å². The summed E-state index contributed by atoms with van der Waals surface area (Å²) < 4.78 is 10.6. The third-order valence-corrected chi connectivity index (χ3v) is 1.99. The minimum Gasteiger partial charge on any atom is -0.460 e. The molecular weight excluding hydrogens is 230 g/mol. The summed E-state index contributed by atoms with van der Waals surface area (Å²) in [6.07, 6.45) is 1.13. The zero-order valence-electron chi connectivity index (χ0n) is 12.8. The highest BCUT2D eigenvalue weighted by atomic mass is 16.6. The van der Waals surface area contributed by atoms with Gasteiger partial charge in [-0.05, 0) is 48.0 Å². The molecule has 0 aliphatic carbocycles. The van der Waals surface area contributed by atoms with Crippen LogP contribution < -0.4 is 5.32 Å². The number of carbonyl (C=O) groups excluding carboxylic acids is 1. The third-order valence-electron chi connectivity index (χ3n) is 1.99. The minimum absolute atomic E-state index is 0.125. The van der Waals surface area contributed by atoms with E-state index in [-0.39, 0.29) is 11.5 Å². The molecule has 0 fully saturated rings. The summed E-state index contributed by atoms with van der Waals surface area (Å²) in [5.41, 5.74) is -0.269.